The Morgan fingerprint density at radius 1 is 0.962 bits per heavy atom. The molecular weight excluding hydrogens is 320 g/mol. The summed E-state index contributed by atoms with van der Waals surface area (Å²) in [6.45, 7) is 9.19. The molecule has 0 aliphatic heterocycles. The van der Waals surface area contributed by atoms with Gasteiger partial charge in [0.25, 0.3) is 5.91 Å². The monoisotopic (exact) mass is 350 g/mol. The van der Waals surface area contributed by atoms with Crippen molar-refractivity contribution in [3.63, 3.8) is 0 Å². The zero-order chi connectivity index (χ0) is 19.3. The van der Waals surface area contributed by atoms with Gasteiger partial charge in [-0.15, -0.1) is 0 Å². The second kappa shape index (κ2) is 8.22. The van der Waals surface area contributed by atoms with Crippen molar-refractivity contribution in [1.82, 2.24) is 5.32 Å². The second-order valence-corrected chi connectivity index (χ2v) is 8.01. The van der Waals surface area contributed by atoms with Crippen molar-refractivity contribution in [1.29, 1.82) is 0 Å². The van der Waals surface area contributed by atoms with Crippen molar-refractivity contribution in [2.75, 3.05) is 19.0 Å². The van der Waals surface area contributed by atoms with E-state index in [1.807, 2.05) is 50.5 Å². The smallest absolute Gasteiger partial charge is 0.251 e. The Labute approximate surface area is 157 Å². The van der Waals surface area contributed by atoms with Gasteiger partial charge in [-0.1, -0.05) is 51.1 Å². The third-order valence-electron chi connectivity index (χ3n) is 4.16. The highest BCUT2D eigenvalue weighted by atomic mass is 16.1. The van der Waals surface area contributed by atoms with Crippen LogP contribution >= 0.6 is 0 Å². The van der Waals surface area contributed by atoms with Crippen LogP contribution in [0.2, 0.25) is 0 Å². The van der Waals surface area contributed by atoms with Crippen molar-refractivity contribution >= 4 is 17.2 Å². The lowest BCUT2D eigenvalue weighted by atomic mass is 9.91. The zero-order valence-corrected chi connectivity index (χ0v) is 16.8. The Kier molecular flexibility index (Phi) is 6.25. The third-order valence-corrected chi connectivity index (χ3v) is 4.16. The first-order chi connectivity index (χ1) is 12.2. The van der Waals surface area contributed by atoms with Crippen molar-refractivity contribution < 1.29 is 4.79 Å². The quantitative estimate of drug-likeness (QED) is 0.810. The zero-order valence-electron chi connectivity index (χ0n) is 16.8. The molecule has 0 aliphatic rings. The molecule has 3 nitrogen and oxygen atoms in total. The molecule has 0 atom stereocenters. The maximum absolute atomic E-state index is 12.4. The molecule has 0 saturated heterocycles. The molecule has 138 valence electrons. The van der Waals surface area contributed by atoms with Gasteiger partial charge in [-0.3, -0.25) is 4.79 Å². The Bertz CT molecular complexity index is 763. The molecule has 2 aromatic carbocycles. The largest absolute Gasteiger partial charge is 0.378 e. The minimum Gasteiger partial charge on any atom is -0.378 e. The van der Waals surface area contributed by atoms with E-state index in [1.54, 1.807) is 0 Å². The highest BCUT2D eigenvalue weighted by molar-refractivity contribution is 5.94. The third kappa shape index (κ3) is 5.76. The summed E-state index contributed by atoms with van der Waals surface area (Å²) in [6.07, 6.45) is 2.25. The normalized spacial score (nSPS) is 12.0. The van der Waals surface area contributed by atoms with Crippen LogP contribution in [-0.4, -0.2) is 20.0 Å². The molecule has 0 bridgehead atoms. The maximum Gasteiger partial charge on any atom is 0.251 e. The van der Waals surface area contributed by atoms with Gasteiger partial charge in [0.2, 0.25) is 0 Å². The highest BCUT2D eigenvalue weighted by Gasteiger charge is 2.09. The lowest BCUT2D eigenvalue weighted by molar-refractivity contribution is 0.0951. The molecule has 2 rings (SSSR count). The van der Waals surface area contributed by atoms with E-state index in [1.165, 1.54) is 5.57 Å². The summed E-state index contributed by atoms with van der Waals surface area (Å²) < 4.78 is 0. The average Bonchev–Trinajstić information content (AvgIpc) is 2.58. The number of amides is 1. The highest BCUT2D eigenvalue weighted by Crippen LogP contribution is 2.23. The first-order valence-electron chi connectivity index (χ1n) is 9.00. The Morgan fingerprint density at radius 2 is 1.50 bits per heavy atom. The maximum atomic E-state index is 12.4. The number of nitrogens with one attached hydrogen (secondary N) is 1. The molecule has 26 heavy (non-hydrogen) atoms. The minimum absolute atomic E-state index is 0.0503. The van der Waals surface area contributed by atoms with Gasteiger partial charge in [0.05, 0.1) is 0 Å². The number of hydrogen-bond donors (Lipinski definition) is 1. The van der Waals surface area contributed by atoms with Crippen LogP contribution in [-0.2, 0) is 6.54 Å². The number of benzene rings is 2. The van der Waals surface area contributed by atoms with Crippen LogP contribution in [0.1, 0.15) is 49.2 Å². The van der Waals surface area contributed by atoms with E-state index in [2.05, 4.69) is 56.1 Å². The van der Waals surface area contributed by atoms with Gasteiger partial charge in [0.1, 0.15) is 0 Å². The molecule has 0 fully saturated rings. The Balaban J connectivity index is 1.98. The fourth-order valence-corrected chi connectivity index (χ4v) is 2.81. The fourth-order valence-electron chi connectivity index (χ4n) is 2.81. The molecule has 0 radical (unpaired) electrons. The van der Waals surface area contributed by atoms with Crippen LogP contribution in [0.5, 0.6) is 0 Å². The van der Waals surface area contributed by atoms with Gasteiger partial charge in [-0.2, -0.15) is 0 Å². The lowest BCUT2D eigenvalue weighted by Crippen LogP contribution is -2.22. The van der Waals surface area contributed by atoms with Crippen LogP contribution in [0.15, 0.2) is 54.6 Å². The number of hydrogen-bond acceptors (Lipinski definition) is 2. The van der Waals surface area contributed by atoms with Crippen LogP contribution in [0.4, 0.5) is 5.69 Å². The number of nitrogens with zero attached hydrogens (tertiary/aromatic N) is 1. The first kappa shape index (κ1) is 19.8. The molecule has 0 saturated carbocycles. The van der Waals surface area contributed by atoms with E-state index in [0.29, 0.717) is 12.1 Å². The molecule has 2 aromatic rings. The van der Waals surface area contributed by atoms with Gasteiger partial charge in [0, 0.05) is 31.9 Å². The standard InChI is InChI=1S/C23H30N2O/c1-17(15-23(2,3)4)19-9-11-20(12-10-19)22(26)24-16-18-7-13-21(14-8-18)25(5)6/h7-15H,16H2,1-6H3,(H,24,26). The van der Waals surface area contributed by atoms with Crippen LogP contribution in [0.25, 0.3) is 5.57 Å². The van der Waals surface area contributed by atoms with E-state index in [0.717, 1.165) is 16.8 Å². The average molecular weight is 351 g/mol. The molecule has 0 aliphatic carbocycles. The molecule has 1 amide bonds. The molecular formula is C23H30N2O. The number of rotatable bonds is 5. The predicted molar refractivity (Wildman–Crippen MR) is 111 cm³/mol. The summed E-state index contributed by atoms with van der Waals surface area (Å²) in [5.74, 6) is -0.0503. The second-order valence-electron chi connectivity index (χ2n) is 8.01. The summed E-state index contributed by atoms with van der Waals surface area (Å²) in [4.78, 5) is 14.4. The molecule has 1 N–H and O–H groups in total. The lowest BCUT2D eigenvalue weighted by Gasteiger charge is -2.15. The van der Waals surface area contributed by atoms with Gasteiger partial charge in [-0.25, -0.2) is 0 Å². The minimum atomic E-state index is -0.0503. The number of carbonyl (C=O) groups is 1. The molecule has 0 aromatic heterocycles. The van der Waals surface area contributed by atoms with Crippen molar-refractivity contribution in [2.24, 2.45) is 5.41 Å². The Morgan fingerprint density at radius 3 is 2.00 bits per heavy atom. The number of carbonyl (C=O) groups excluding carboxylic acids is 1. The van der Waals surface area contributed by atoms with Gasteiger partial charge in [-0.05, 0) is 53.3 Å². The molecule has 0 unspecified atom stereocenters. The number of anilines is 1. The Hall–Kier alpha value is -2.55. The van der Waals surface area contributed by atoms with E-state index >= 15 is 0 Å². The topological polar surface area (TPSA) is 32.3 Å². The van der Waals surface area contributed by atoms with Crippen LogP contribution < -0.4 is 10.2 Å². The van der Waals surface area contributed by atoms with Crippen molar-refractivity contribution in [2.45, 2.75) is 34.2 Å². The first-order valence-corrected chi connectivity index (χ1v) is 9.00. The summed E-state index contributed by atoms with van der Waals surface area (Å²) in [5, 5.41) is 2.98. The van der Waals surface area contributed by atoms with Crippen molar-refractivity contribution in [3.8, 4) is 0 Å². The summed E-state index contributed by atoms with van der Waals surface area (Å²) in [6, 6.07) is 16.0. The van der Waals surface area contributed by atoms with E-state index in [9.17, 15) is 4.79 Å². The summed E-state index contributed by atoms with van der Waals surface area (Å²) in [5.41, 5.74) is 5.43. The number of allylic oxidation sites excluding steroid dienone is 2. The van der Waals surface area contributed by atoms with E-state index in [4.69, 9.17) is 0 Å². The van der Waals surface area contributed by atoms with E-state index < -0.39 is 0 Å². The predicted octanol–water partition coefficient (Wildman–Crippen LogP) is 5.13. The summed E-state index contributed by atoms with van der Waals surface area (Å²) >= 11 is 0. The van der Waals surface area contributed by atoms with Gasteiger partial charge in [0.15, 0.2) is 0 Å². The summed E-state index contributed by atoms with van der Waals surface area (Å²) in [7, 11) is 4.03. The van der Waals surface area contributed by atoms with Crippen molar-refractivity contribution in [3.05, 3.63) is 71.3 Å². The fraction of sp³-hybridized carbons (Fsp3) is 0.348. The van der Waals surface area contributed by atoms with Gasteiger partial charge >= 0.3 is 0 Å². The van der Waals surface area contributed by atoms with E-state index in [-0.39, 0.29) is 11.3 Å². The molecule has 3 heteroatoms. The van der Waals surface area contributed by atoms with Crippen LogP contribution in [0, 0.1) is 5.41 Å². The van der Waals surface area contributed by atoms with Crippen LogP contribution in [0.3, 0.4) is 0 Å². The molecule has 0 heterocycles. The van der Waals surface area contributed by atoms with Gasteiger partial charge < -0.3 is 10.2 Å². The SMILES string of the molecule is CC(=CC(C)(C)C)c1ccc(C(=O)NCc2ccc(N(C)C)cc2)cc1. The molecule has 0 spiro atoms.